The molecule has 0 heterocycles. The first-order chi connectivity index (χ1) is 13.3. The minimum atomic E-state index is -3.25. The fourth-order valence-electron chi connectivity index (χ4n) is 4.02. The van der Waals surface area contributed by atoms with Crippen molar-refractivity contribution >= 4 is 34.0 Å². The topological polar surface area (TPSA) is 48.2 Å². The number of hydrogen-bond donors (Lipinski definition) is 0. The van der Waals surface area contributed by atoms with Gasteiger partial charge in [-0.1, -0.05) is 78.1 Å². The van der Waals surface area contributed by atoms with Crippen molar-refractivity contribution in [1.82, 2.24) is 0 Å². The second kappa shape index (κ2) is 19.3. The van der Waals surface area contributed by atoms with E-state index in [4.69, 9.17) is 0 Å². The molecule has 0 radical (unpaired) electrons. The lowest BCUT2D eigenvalue weighted by Gasteiger charge is -2.37. The molecule has 0 aromatic rings. The van der Waals surface area contributed by atoms with Crippen molar-refractivity contribution in [2.75, 3.05) is 31.9 Å². The molecule has 29 heavy (non-hydrogen) atoms. The summed E-state index contributed by atoms with van der Waals surface area (Å²) >= 11 is 0. The molecule has 0 aromatic heterocycles. The fraction of sp³-hybridized carbons (Fsp3) is 1.00. The van der Waals surface area contributed by atoms with Gasteiger partial charge >= 0.3 is 0 Å². The number of unbranched alkanes of at least 4 members (excludes halogenated alkanes) is 9. The Labute approximate surface area is 200 Å². The summed E-state index contributed by atoms with van der Waals surface area (Å²) in [6.07, 6.45) is 14.1. The van der Waals surface area contributed by atoms with Gasteiger partial charge in [0, 0.05) is 5.75 Å². The highest BCUT2D eigenvalue weighted by Gasteiger charge is 2.19. The number of quaternary nitrogens is 1. The summed E-state index contributed by atoms with van der Waals surface area (Å²) in [5.41, 5.74) is 0. The minimum absolute atomic E-state index is 0. The number of hydrogen-bond acceptors (Lipinski definition) is 2. The average molecular weight is 547 g/mol. The van der Waals surface area contributed by atoms with Crippen LogP contribution >= 0.6 is 24.0 Å². The number of halogens is 1. The summed E-state index contributed by atoms with van der Waals surface area (Å²) in [5, 5.41) is 0. The Hall–Kier alpha value is 0.600. The van der Waals surface area contributed by atoms with Gasteiger partial charge in [-0.25, -0.2) is 8.42 Å². The van der Waals surface area contributed by atoms with E-state index in [1.807, 2.05) is 6.92 Å². The van der Waals surface area contributed by atoms with Gasteiger partial charge in [-0.05, 0) is 33.6 Å². The summed E-state index contributed by atoms with van der Waals surface area (Å²) in [6.45, 7) is 15.5. The zero-order valence-corrected chi connectivity index (χ0v) is 23.3. The molecule has 4 nitrogen and oxygen atoms in total. The summed E-state index contributed by atoms with van der Waals surface area (Å²) < 4.78 is 29.7. The third-order valence-corrected chi connectivity index (χ3v) is 7.85. The van der Waals surface area contributed by atoms with E-state index in [1.54, 1.807) is 0 Å². The Morgan fingerprint density at radius 1 is 0.724 bits per heavy atom. The molecule has 0 aliphatic heterocycles. The lowest BCUT2D eigenvalue weighted by Crippen LogP contribution is -2.48. The van der Waals surface area contributed by atoms with Crippen LogP contribution in [-0.4, -0.2) is 50.9 Å². The van der Waals surface area contributed by atoms with Gasteiger partial charge in [0.15, 0.2) is 0 Å². The van der Waals surface area contributed by atoms with Crippen molar-refractivity contribution in [2.24, 2.45) is 0 Å². The molecule has 0 N–H and O–H groups in total. The third kappa shape index (κ3) is 16.9. The summed E-state index contributed by atoms with van der Waals surface area (Å²) in [7, 11) is -3.25. The van der Waals surface area contributed by atoms with Crippen molar-refractivity contribution in [3.8, 4) is 0 Å². The van der Waals surface area contributed by atoms with Gasteiger partial charge in [0.1, 0.15) is 0 Å². The van der Waals surface area contributed by atoms with Crippen molar-refractivity contribution in [2.45, 2.75) is 118 Å². The van der Waals surface area contributed by atoms with E-state index < -0.39 is 10.0 Å². The van der Waals surface area contributed by atoms with Crippen molar-refractivity contribution in [1.29, 1.82) is 0 Å². The molecular formula is C23H51IN2O2S. The van der Waals surface area contributed by atoms with Gasteiger partial charge in [-0.2, -0.15) is 0 Å². The van der Waals surface area contributed by atoms with Crippen LogP contribution in [0.5, 0.6) is 0 Å². The molecule has 0 spiro atoms. The maximum atomic E-state index is 12.2. The van der Waals surface area contributed by atoms with Gasteiger partial charge in [0.25, 0.3) is 0 Å². The first-order valence-corrected chi connectivity index (χ1v) is 13.8. The predicted molar refractivity (Wildman–Crippen MR) is 140 cm³/mol. The van der Waals surface area contributed by atoms with E-state index in [-0.39, 0.29) is 35.8 Å². The average Bonchev–Trinajstić information content (AvgIpc) is 2.66. The van der Waals surface area contributed by atoms with Gasteiger partial charge in [-0.15, -0.1) is 30.0 Å². The molecule has 1 atom stereocenters. The molecule has 0 fully saturated rings. The van der Waals surface area contributed by atoms with Gasteiger partial charge in [0.2, 0.25) is 0 Å². The lowest BCUT2D eigenvalue weighted by molar-refractivity contribution is -0.923. The molecule has 0 saturated carbocycles. The molecule has 0 aliphatic rings. The first-order valence-electron chi connectivity index (χ1n) is 12.1. The summed E-state index contributed by atoms with van der Waals surface area (Å²) in [4.78, 5) is 0. The van der Waals surface area contributed by atoms with Gasteiger partial charge < -0.3 is 9.21 Å². The van der Waals surface area contributed by atoms with Crippen LogP contribution in [0.25, 0.3) is 4.72 Å². The van der Waals surface area contributed by atoms with Crippen LogP contribution in [0, 0.1) is 0 Å². The Morgan fingerprint density at radius 3 is 1.62 bits per heavy atom. The minimum Gasteiger partial charge on any atom is -0.546 e. The highest BCUT2D eigenvalue weighted by atomic mass is 127. The van der Waals surface area contributed by atoms with Crippen molar-refractivity contribution < 1.29 is 12.9 Å². The Balaban J connectivity index is 0. The highest BCUT2D eigenvalue weighted by Crippen LogP contribution is 2.18. The third-order valence-electron chi connectivity index (χ3n) is 6.36. The molecule has 0 bridgehead atoms. The van der Waals surface area contributed by atoms with E-state index in [0.29, 0.717) is 0 Å². The summed E-state index contributed by atoms with van der Waals surface area (Å²) in [6, 6.07) is -0.0828. The Morgan fingerprint density at radius 2 is 1.17 bits per heavy atom. The van der Waals surface area contributed by atoms with Gasteiger partial charge in [0.05, 0.1) is 36.2 Å². The van der Waals surface area contributed by atoms with Crippen LogP contribution < -0.4 is 0 Å². The molecule has 0 amide bonds. The fourth-order valence-corrected chi connectivity index (χ4v) is 5.35. The Bertz CT molecular complexity index is 446. The first kappa shape index (κ1) is 31.8. The number of rotatable bonds is 20. The van der Waals surface area contributed by atoms with Crippen molar-refractivity contribution in [3.63, 3.8) is 0 Å². The van der Waals surface area contributed by atoms with Crippen molar-refractivity contribution in [3.05, 3.63) is 4.72 Å². The van der Waals surface area contributed by atoms with Crippen LogP contribution in [-0.2, 0) is 10.0 Å². The zero-order chi connectivity index (χ0) is 21.3. The largest absolute Gasteiger partial charge is 0.546 e. The lowest BCUT2D eigenvalue weighted by atomic mass is 10.1. The molecule has 0 aliphatic carbocycles. The van der Waals surface area contributed by atoms with Crippen LogP contribution in [0.1, 0.15) is 112 Å². The van der Waals surface area contributed by atoms with Crippen LogP contribution in [0.2, 0.25) is 0 Å². The van der Waals surface area contributed by atoms with Crippen LogP contribution in [0.4, 0.5) is 0 Å². The maximum absolute atomic E-state index is 12.2. The highest BCUT2D eigenvalue weighted by molar-refractivity contribution is 14.0. The molecule has 0 rings (SSSR count). The quantitative estimate of drug-likeness (QED) is 0.0916. The maximum Gasteiger partial charge on any atom is 0.0785 e. The van der Waals surface area contributed by atoms with E-state index >= 15 is 0 Å². The molecular weight excluding hydrogens is 495 g/mol. The molecule has 1 unspecified atom stereocenters. The molecule has 6 heteroatoms. The predicted octanol–water partition coefficient (Wildman–Crippen LogP) is 7.27. The van der Waals surface area contributed by atoms with Crippen LogP contribution in [0.15, 0.2) is 0 Å². The van der Waals surface area contributed by atoms with E-state index in [1.165, 1.54) is 44.9 Å². The van der Waals surface area contributed by atoms with E-state index in [0.717, 1.165) is 62.8 Å². The normalized spacial score (nSPS) is 13.3. The second-order valence-corrected chi connectivity index (χ2v) is 10.4. The molecule has 0 aromatic carbocycles. The SMILES string of the molecule is CCCCCCCCCCCCS(=O)(=O)[N-]C(C)CCC[N+](CC)(CC)CC.I. The standard InChI is InChI=1S/C23H50N2O2S.HI/c1-6-10-11-12-13-14-15-16-17-18-22-28(26,27)24-23(5)20-19-21-25(7-2,8-3)9-4;/h23H,6-22H2,1-5H3;1H. The van der Waals surface area contributed by atoms with E-state index in [2.05, 4.69) is 32.4 Å². The number of nitrogens with zero attached hydrogens (tertiary/aromatic N) is 2. The Kier molecular flexibility index (Phi) is 21.2. The number of sulfonamides is 1. The van der Waals surface area contributed by atoms with Crippen LogP contribution in [0.3, 0.4) is 0 Å². The smallest absolute Gasteiger partial charge is 0.0785 e. The monoisotopic (exact) mass is 546 g/mol. The van der Waals surface area contributed by atoms with E-state index in [9.17, 15) is 8.42 Å². The molecule has 178 valence electrons. The zero-order valence-electron chi connectivity index (χ0n) is 20.1. The van der Waals surface area contributed by atoms with Gasteiger partial charge in [-0.3, -0.25) is 0 Å². The second-order valence-electron chi connectivity index (χ2n) is 8.58. The summed E-state index contributed by atoms with van der Waals surface area (Å²) in [5.74, 6) is 0.229. The molecule has 0 saturated heterocycles.